The molecule has 13 atom stereocenters. The fraction of sp³-hybridized carbons (Fsp3) is 0.571. The number of likely N-dealkylation sites (N-methyl/N-ethyl adjacent to an activating group) is 1. The van der Waals surface area contributed by atoms with E-state index in [0.717, 1.165) is 19.2 Å². The summed E-state index contributed by atoms with van der Waals surface area (Å²) in [5.41, 5.74) is 2.42. The smallest absolute Gasteiger partial charge is 0.316 e. The normalized spacial score (nSPS) is 35.4. The van der Waals surface area contributed by atoms with Crippen LogP contribution in [-0.2, 0) is 42.7 Å². The van der Waals surface area contributed by atoms with Gasteiger partial charge in [0, 0.05) is 42.5 Å². The summed E-state index contributed by atoms with van der Waals surface area (Å²) in [6.45, 7) is 6.71. The standard InChI is InChI=1S/C42H52N2O16/c1-8-42(53)15-27(30-19(34(42)40(52)54-7)11-20-31(36(30)50)37(51)33-24(46)10-9-23(45)32(33)35(20)49)58-28-13-22(44(5)6)38(17(3)55-28)59-29-14-26(48)39(18(4)56-29)60-41-21(43)12-25(47)16(2)57-41/h9-12,16-18,22,26-29,34,38-39,41,45-46,48,50,53H,8,13-15,43H2,1-7H3/t16-,17-,18-,22-,26-,27-,28-,29-,34-,38+,39+,41-,42+/m0/s1. The van der Waals surface area contributed by atoms with Gasteiger partial charge in [-0.1, -0.05) is 6.92 Å². The molecule has 0 saturated carbocycles. The van der Waals surface area contributed by atoms with Gasteiger partial charge >= 0.3 is 5.97 Å². The Hall–Kier alpha value is -4.50. The molecular weight excluding hydrogens is 788 g/mol. The Morgan fingerprint density at radius 3 is 2.12 bits per heavy atom. The molecule has 0 unspecified atom stereocenters. The fourth-order valence-corrected chi connectivity index (χ4v) is 9.16. The Bertz CT molecular complexity index is 2090. The number of rotatable bonds is 9. The highest BCUT2D eigenvalue weighted by Gasteiger charge is 2.54. The number of nitrogens with two attached hydrogens (primary N) is 1. The van der Waals surface area contributed by atoms with E-state index in [9.17, 15) is 44.7 Å². The molecule has 2 aromatic rings. The zero-order valence-electron chi connectivity index (χ0n) is 34.3. The highest BCUT2D eigenvalue weighted by molar-refractivity contribution is 6.31. The van der Waals surface area contributed by atoms with Crippen molar-refractivity contribution in [1.29, 1.82) is 0 Å². The first-order valence-electron chi connectivity index (χ1n) is 19.9. The van der Waals surface area contributed by atoms with E-state index in [2.05, 4.69) is 0 Å². The van der Waals surface area contributed by atoms with Gasteiger partial charge in [0.1, 0.15) is 41.5 Å². The fourth-order valence-electron chi connectivity index (χ4n) is 9.16. The number of carbonyl (C=O) groups is 4. The number of ketones is 3. The number of esters is 1. The number of hydrogen-bond acceptors (Lipinski definition) is 18. The Labute approximate surface area is 345 Å². The predicted octanol–water partition coefficient (Wildman–Crippen LogP) is 1.93. The van der Waals surface area contributed by atoms with Crippen molar-refractivity contribution in [3.05, 3.63) is 63.4 Å². The van der Waals surface area contributed by atoms with Gasteiger partial charge in [-0.25, -0.2) is 0 Å². The van der Waals surface area contributed by atoms with E-state index in [1.165, 1.54) is 12.1 Å². The molecule has 18 heteroatoms. The summed E-state index contributed by atoms with van der Waals surface area (Å²) in [6.07, 6.45) is -7.59. The molecule has 2 fully saturated rings. The number of carbonyl (C=O) groups excluding carboxylic acids is 4. The van der Waals surface area contributed by atoms with Crippen LogP contribution in [0.15, 0.2) is 30.0 Å². The monoisotopic (exact) mass is 840 g/mol. The van der Waals surface area contributed by atoms with E-state index in [4.69, 9.17) is 38.9 Å². The SMILES string of the molecule is CC[C@@]1(O)C[C@H](O[C@H]2C[C@H](N(C)C)[C@H](O[C@H]3C[C@H](O)[C@H](O[C@@H]4O[C@@H](C)C(=O)C=C4N)[C@H](C)O3)[C@H](C)O2)c2c(cc3c(c2O)C(=O)c2c(O)ccc(O)c2C3=O)[C@H]1C(=O)OC. The van der Waals surface area contributed by atoms with Crippen LogP contribution in [0.4, 0.5) is 0 Å². The summed E-state index contributed by atoms with van der Waals surface area (Å²) in [4.78, 5) is 55.2. The number of nitrogens with zero attached hydrogens (tertiary/aromatic N) is 1. The van der Waals surface area contributed by atoms with Crippen LogP contribution in [0.1, 0.15) is 108 Å². The molecule has 2 aliphatic carbocycles. The second kappa shape index (κ2) is 16.4. The number of aliphatic hydroxyl groups excluding tert-OH is 1. The van der Waals surface area contributed by atoms with E-state index in [1.807, 2.05) is 19.0 Å². The van der Waals surface area contributed by atoms with Gasteiger partial charge in [0.2, 0.25) is 5.78 Å². The maximum absolute atomic E-state index is 14.0. The molecule has 326 valence electrons. The van der Waals surface area contributed by atoms with Crippen LogP contribution in [0.5, 0.6) is 17.2 Å². The number of phenolic OH excluding ortho intramolecular Hbond substituents is 3. The minimum Gasteiger partial charge on any atom is -0.507 e. The largest absolute Gasteiger partial charge is 0.507 e. The number of aliphatic hydroxyl groups is 2. The molecule has 0 bridgehead atoms. The van der Waals surface area contributed by atoms with Gasteiger partial charge in [-0.2, -0.15) is 0 Å². The van der Waals surface area contributed by atoms with Crippen LogP contribution in [0, 0.1) is 0 Å². The first-order valence-corrected chi connectivity index (χ1v) is 19.9. The lowest BCUT2D eigenvalue weighted by molar-refractivity contribution is -0.321. The van der Waals surface area contributed by atoms with Crippen LogP contribution < -0.4 is 5.73 Å². The van der Waals surface area contributed by atoms with E-state index in [-0.39, 0.29) is 59.9 Å². The molecular formula is C42H52N2O16. The van der Waals surface area contributed by atoms with Crippen molar-refractivity contribution in [2.24, 2.45) is 5.73 Å². The molecule has 0 aromatic heterocycles. The summed E-state index contributed by atoms with van der Waals surface area (Å²) < 4.78 is 42.3. The molecule has 3 heterocycles. The van der Waals surface area contributed by atoms with Crippen LogP contribution in [0.2, 0.25) is 0 Å². The quantitative estimate of drug-likeness (QED) is 0.133. The van der Waals surface area contributed by atoms with Gasteiger partial charge in [0.15, 0.2) is 30.4 Å². The Morgan fingerprint density at radius 2 is 1.52 bits per heavy atom. The number of ether oxygens (including phenoxy) is 7. The highest BCUT2D eigenvalue weighted by Crippen LogP contribution is 2.54. The molecule has 7 N–H and O–H groups in total. The number of phenols is 3. The van der Waals surface area contributed by atoms with Gasteiger partial charge in [-0.3, -0.25) is 19.2 Å². The summed E-state index contributed by atoms with van der Waals surface area (Å²) in [5, 5.41) is 56.5. The van der Waals surface area contributed by atoms with Crippen molar-refractivity contribution < 1.29 is 77.9 Å². The molecule has 18 nitrogen and oxygen atoms in total. The minimum atomic E-state index is -1.82. The molecule has 0 radical (unpaired) electrons. The molecule has 60 heavy (non-hydrogen) atoms. The summed E-state index contributed by atoms with van der Waals surface area (Å²) in [7, 11) is 4.81. The maximum Gasteiger partial charge on any atom is 0.316 e. The zero-order chi connectivity index (χ0) is 43.7. The number of hydrogen-bond donors (Lipinski definition) is 6. The Morgan fingerprint density at radius 1 is 0.900 bits per heavy atom. The Balaban J connectivity index is 1.15. The van der Waals surface area contributed by atoms with Gasteiger partial charge in [0.25, 0.3) is 0 Å². The van der Waals surface area contributed by atoms with Crippen molar-refractivity contribution in [3.63, 3.8) is 0 Å². The van der Waals surface area contributed by atoms with E-state index in [1.54, 1.807) is 27.7 Å². The topological polar surface area (TPSA) is 263 Å². The Kier molecular flexibility index (Phi) is 11.9. The number of benzene rings is 2. The average molecular weight is 841 g/mol. The molecule has 5 aliphatic rings. The van der Waals surface area contributed by atoms with Gasteiger partial charge < -0.3 is 69.3 Å². The second-order valence-electron chi connectivity index (χ2n) is 16.4. The number of fused-ring (bicyclic) bond motifs is 3. The number of aromatic hydroxyl groups is 3. The summed E-state index contributed by atoms with van der Waals surface area (Å²) >= 11 is 0. The van der Waals surface area contributed by atoms with Crippen molar-refractivity contribution in [2.75, 3.05) is 21.2 Å². The maximum atomic E-state index is 14.0. The number of methoxy groups -OCH3 is 1. The molecule has 7 rings (SSSR count). The van der Waals surface area contributed by atoms with Crippen LogP contribution in [0.25, 0.3) is 0 Å². The van der Waals surface area contributed by atoms with Crippen LogP contribution in [0.3, 0.4) is 0 Å². The van der Waals surface area contributed by atoms with Gasteiger partial charge in [-0.15, -0.1) is 0 Å². The molecule has 0 spiro atoms. The lowest BCUT2D eigenvalue weighted by Gasteiger charge is -2.48. The summed E-state index contributed by atoms with van der Waals surface area (Å²) in [5.74, 6) is -6.24. The first-order chi connectivity index (χ1) is 28.3. The van der Waals surface area contributed by atoms with E-state index >= 15 is 0 Å². The van der Waals surface area contributed by atoms with Crippen molar-refractivity contribution in [2.45, 2.75) is 133 Å². The lowest BCUT2D eigenvalue weighted by atomic mass is 9.67. The molecule has 2 saturated heterocycles. The summed E-state index contributed by atoms with van der Waals surface area (Å²) in [6, 6.07) is 2.97. The van der Waals surface area contributed by atoms with Crippen molar-refractivity contribution in [1.82, 2.24) is 4.90 Å². The molecule has 2 aromatic carbocycles. The predicted molar refractivity (Wildman–Crippen MR) is 206 cm³/mol. The lowest BCUT2D eigenvalue weighted by Crippen LogP contribution is -2.58. The third-order valence-electron chi connectivity index (χ3n) is 12.4. The van der Waals surface area contributed by atoms with Gasteiger partial charge in [-0.05, 0) is 65.0 Å². The molecule has 3 aliphatic heterocycles. The average Bonchev–Trinajstić information content (AvgIpc) is 3.18. The second-order valence-corrected chi connectivity index (χ2v) is 16.4. The van der Waals surface area contributed by atoms with Crippen LogP contribution in [-0.4, -0.2) is 142 Å². The highest BCUT2D eigenvalue weighted by atomic mass is 16.7. The first kappa shape index (κ1) is 43.6. The van der Waals surface area contributed by atoms with Crippen molar-refractivity contribution in [3.8, 4) is 17.2 Å². The third-order valence-corrected chi connectivity index (χ3v) is 12.4. The van der Waals surface area contributed by atoms with Crippen LogP contribution >= 0.6 is 0 Å². The minimum absolute atomic E-state index is 0.0145. The zero-order valence-corrected chi connectivity index (χ0v) is 34.3. The van der Waals surface area contributed by atoms with E-state index in [0.29, 0.717) is 0 Å². The third kappa shape index (κ3) is 7.47. The molecule has 0 amide bonds. The van der Waals surface area contributed by atoms with Crippen molar-refractivity contribution >= 4 is 23.3 Å². The van der Waals surface area contributed by atoms with E-state index < -0.39 is 125 Å². The van der Waals surface area contributed by atoms with Gasteiger partial charge in [0.05, 0.1) is 59.5 Å².